The third kappa shape index (κ3) is 4.45. The molecule has 2 fully saturated rings. The van der Waals surface area contributed by atoms with Gasteiger partial charge in [-0.15, -0.1) is 0 Å². The van der Waals surface area contributed by atoms with Crippen molar-refractivity contribution in [1.82, 2.24) is 5.32 Å². The van der Waals surface area contributed by atoms with Crippen molar-refractivity contribution in [2.75, 3.05) is 20.3 Å². The monoisotopic (exact) mass is 311 g/mol. The fraction of sp³-hybridized carbons (Fsp3) is 0.882. The van der Waals surface area contributed by atoms with Crippen molar-refractivity contribution in [3.63, 3.8) is 0 Å². The smallest absolute Gasteiger partial charge is 0.306 e. The Morgan fingerprint density at radius 1 is 1.18 bits per heavy atom. The summed E-state index contributed by atoms with van der Waals surface area (Å²) < 4.78 is 5.24. The highest BCUT2D eigenvalue weighted by atomic mass is 16.5. The van der Waals surface area contributed by atoms with Crippen molar-refractivity contribution < 1.29 is 19.4 Å². The van der Waals surface area contributed by atoms with Gasteiger partial charge >= 0.3 is 5.97 Å². The molecule has 126 valence electrons. The minimum absolute atomic E-state index is 0.0473. The number of hydrogen-bond acceptors (Lipinski definition) is 3. The van der Waals surface area contributed by atoms with E-state index in [2.05, 4.69) is 5.32 Å². The molecule has 0 unspecified atom stereocenters. The second-order valence-corrected chi connectivity index (χ2v) is 7.07. The van der Waals surface area contributed by atoms with Gasteiger partial charge in [-0.2, -0.15) is 0 Å². The summed E-state index contributed by atoms with van der Waals surface area (Å²) in [7, 11) is 1.72. The van der Waals surface area contributed by atoms with Crippen molar-refractivity contribution >= 4 is 11.9 Å². The van der Waals surface area contributed by atoms with Gasteiger partial charge in [0.2, 0.25) is 5.91 Å². The lowest BCUT2D eigenvalue weighted by atomic mass is 9.72. The number of aliphatic carboxylic acids is 1. The second kappa shape index (κ2) is 7.95. The summed E-state index contributed by atoms with van der Waals surface area (Å²) in [6.07, 6.45) is 8.85. The van der Waals surface area contributed by atoms with E-state index < -0.39 is 5.97 Å². The average molecular weight is 311 g/mol. The summed E-state index contributed by atoms with van der Waals surface area (Å²) in [6.45, 7) is 1.45. The van der Waals surface area contributed by atoms with Crippen LogP contribution in [-0.2, 0) is 14.3 Å². The fourth-order valence-electron chi connectivity index (χ4n) is 4.00. The first-order valence-corrected chi connectivity index (χ1v) is 8.56. The summed E-state index contributed by atoms with van der Waals surface area (Å²) in [5.74, 6) is -1.18. The van der Waals surface area contributed by atoms with Crippen LogP contribution in [-0.4, -0.2) is 37.2 Å². The molecule has 0 heterocycles. The van der Waals surface area contributed by atoms with Crippen LogP contribution in [0.4, 0.5) is 0 Å². The molecule has 1 amide bonds. The zero-order valence-electron chi connectivity index (χ0n) is 13.6. The first-order valence-electron chi connectivity index (χ1n) is 8.56. The van der Waals surface area contributed by atoms with Gasteiger partial charge in [0.05, 0.1) is 5.92 Å². The number of carboxylic acid groups (broad SMARTS) is 1. The molecule has 5 nitrogen and oxygen atoms in total. The predicted octanol–water partition coefficient (Wildman–Crippen LogP) is 2.59. The van der Waals surface area contributed by atoms with E-state index in [0.717, 1.165) is 25.9 Å². The van der Waals surface area contributed by atoms with Gasteiger partial charge < -0.3 is 15.2 Å². The lowest BCUT2D eigenvalue weighted by molar-refractivity contribution is -0.141. The quantitative estimate of drug-likeness (QED) is 0.758. The number of ether oxygens (including phenoxy) is 1. The predicted molar refractivity (Wildman–Crippen MR) is 83.5 cm³/mol. The van der Waals surface area contributed by atoms with E-state index in [9.17, 15) is 9.59 Å². The Balaban J connectivity index is 1.83. The van der Waals surface area contributed by atoms with Gasteiger partial charge in [-0.3, -0.25) is 9.59 Å². The first kappa shape index (κ1) is 17.3. The van der Waals surface area contributed by atoms with Gasteiger partial charge in [-0.1, -0.05) is 19.3 Å². The molecule has 2 rings (SSSR count). The van der Waals surface area contributed by atoms with Crippen LogP contribution in [0.2, 0.25) is 0 Å². The normalized spacial score (nSPS) is 27.5. The molecular formula is C17H29NO4. The van der Waals surface area contributed by atoms with Crippen molar-refractivity contribution in [2.45, 2.75) is 57.8 Å². The molecule has 0 aromatic carbocycles. The van der Waals surface area contributed by atoms with E-state index in [0.29, 0.717) is 25.8 Å². The highest BCUT2D eigenvalue weighted by Crippen LogP contribution is 2.39. The van der Waals surface area contributed by atoms with E-state index >= 15 is 0 Å². The highest BCUT2D eigenvalue weighted by Gasteiger charge is 2.36. The van der Waals surface area contributed by atoms with Crippen LogP contribution in [0.1, 0.15) is 57.8 Å². The van der Waals surface area contributed by atoms with Gasteiger partial charge in [0, 0.05) is 26.2 Å². The van der Waals surface area contributed by atoms with Gasteiger partial charge in [-0.05, 0) is 43.9 Å². The Bertz CT molecular complexity index is 390. The highest BCUT2D eigenvalue weighted by molar-refractivity contribution is 5.80. The summed E-state index contributed by atoms with van der Waals surface area (Å²) in [4.78, 5) is 23.3. The van der Waals surface area contributed by atoms with Crippen LogP contribution in [0.3, 0.4) is 0 Å². The van der Waals surface area contributed by atoms with Gasteiger partial charge in [0.15, 0.2) is 0 Å². The van der Waals surface area contributed by atoms with Crippen molar-refractivity contribution in [1.29, 1.82) is 0 Å². The van der Waals surface area contributed by atoms with Gasteiger partial charge in [-0.25, -0.2) is 0 Å². The average Bonchev–Trinajstić information content (AvgIpc) is 3.02. The number of hydrogen-bond donors (Lipinski definition) is 2. The third-order valence-corrected chi connectivity index (χ3v) is 5.54. The van der Waals surface area contributed by atoms with Crippen LogP contribution in [0, 0.1) is 17.3 Å². The summed E-state index contributed by atoms with van der Waals surface area (Å²) in [5, 5.41) is 12.2. The molecule has 0 aromatic heterocycles. The zero-order valence-corrected chi connectivity index (χ0v) is 13.6. The number of nitrogens with one attached hydrogen (secondary N) is 1. The number of carbonyl (C=O) groups is 2. The number of amides is 1. The molecule has 0 spiro atoms. The largest absolute Gasteiger partial charge is 0.481 e. The van der Waals surface area contributed by atoms with E-state index in [1.54, 1.807) is 7.11 Å². The van der Waals surface area contributed by atoms with Crippen LogP contribution in [0.5, 0.6) is 0 Å². The summed E-state index contributed by atoms with van der Waals surface area (Å²) in [5.41, 5.74) is 0.175. The number of carboxylic acids is 1. The zero-order chi connectivity index (χ0) is 16.0. The molecule has 2 aliphatic carbocycles. The molecule has 2 saturated carbocycles. The molecular weight excluding hydrogens is 282 g/mol. The van der Waals surface area contributed by atoms with Gasteiger partial charge in [0.25, 0.3) is 0 Å². The Labute approximate surface area is 132 Å². The Hall–Kier alpha value is -1.10. The lowest BCUT2D eigenvalue weighted by Gasteiger charge is -2.37. The van der Waals surface area contributed by atoms with E-state index in [-0.39, 0.29) is 23.2 Å². The topological polar surface area (TPSA) is 75.6 Å². The van der Waals surface area contributed by atoms with E-state index in [1.807, 2.05) is 0 Å². The maximum absolute atomic E-state index is 12.3. The first-order chi connectivity index (χ1) is 10.6. The SMILES string of the molecule is COCCC1(CNC(=O)[C@@H]2CC[C@H](C(=O)O)C2)CCCCC1. The maximum Gasteiger partial charge on any atom is 0.306 e. The lowest BCUT2D eigenvalue weighted by Crippen LogP contribution is -2.41. The standard InChI is InChI=1S/C17H29NO4/c1-22-10-9-17(7-3-2-4-8-17)12-18-15(19)13-5-6-14(11-13)16(20)21/h13-14H,2-12H2,1H3,(H,18,19)(H,20,21)/t13-,14+/m1/s1. The van der Waals surface area contributed by atoms with Crippen LogP contribution in [0.15, 0.2) is 0 Å². The molecule has 2 N–H and O–H groups in total. The van der Waals surface area contributed by atoms with Crippen LogP contribution < -0.4 is 5.32 Å². The molecule has 2 aliphatic rings. The van der Waals surface area contributed by atoms with Gasteiger partial charge in [0.1, 0.15) is 0 Å². The van der Waals surface area contributed by atoms with Crippen LogP contribution in [0.25, 0.3) is 0 Å². The van der Waals surface area contributed by atoms with Crippen LogP contribution >= 0.6 is 0 Å². The molecule has 22 heavy (non-hydrogen) atoms. The molecule has 0 saturated heterocycles. The Morgan fingerprint density at radius 3 is 2.45 bits per heavy atom. The summed E-state index contributed by atoms with van der Waals surface area (Å²) in [6, 6.07) is 0. The second-order valence-electron chi connectivity index (χ2n) is 7.07. The molecule has 0 radical (unpaired) electrons. The van der Waals surface area contributed by atoms with E-state index in [4.69, 9.17) is 9.84 Å². The fourth-order valence-corrected chi connectivity index (χ4v) is 4.00. The van der Waals surface area contributed by atoms with Crippen molar-refractivity contribution in [3.8, 4) is 0 Å². The Morgan fingerprint density at radius 2 is 1.86 bits per heavy atom. The number of rotatable bonds is 7. The Kier molecular flexibility index (Phi) is 6.24. The summed E-state index contributed by atoms with van der Waals surface area (Å²) >= 11 is 0. The molecule has 2 atom stereocenters. The molecule has 0 aliphatic heterocycles. The van der Waals surface area contributed by atoms with Crippen molar-refractivity contribution in [3.05, 3.63) is 0 Å². The molecule has 0 bridgehead atoms. The van der Waals surface area contributed by atoms with E-state index in [1.165, 1.54) is 19.3 Å². The van der Waals surface area contributed by atoms with Crippen molar-refractivity contribution in [2.24, 2.45) is 17.3 Å². The number of carbonyl (C=O) groups excluding carboxylic acids is 1. The molecule has 0 aromatic rings. The maximum atomic E-state index is 12.3. The molecule has 5 heteroatoms. The third-order valence-electron chi connectivity index (χ3n) is 5.54. The minimum Gasteiger partial charge on any atom is -0.481 e. The number of methoxy groups -OCH3 is 1. The minimum atomic E-state index is -0.765.